The fourth-order valence-electron chi connectivity index (χ4n) is 1.37. The molecule has 0 heterocycles. The number of aliphatic hydroxyl groups excluding tert-OH is 1. The third-order valence-electron chi connectivity index (χ3n) is 2.61. The number of benzene rings is 1. The number of anilines is 1. The number of halogens is 1. The van der Waals surface area contributed by atoms with Gasteiger partial charge in [-0.1, -0.05) is 24.3 Å². The highest BCUT2D eigenvalue weighted by molar-refractivity contribution is 6.33. The van der Waals surface area contributed by atoms with E-state index >= 15 is 0 Å². The second-order valence-electron chi connectivity index (χ2n) is 3.88. The second kappa shape index (κ2) is 5.72. The molecule has 0 unspecified atom stereocenters. The van der Waals surface area contributed by atoms with E-state index in [4.69, 9.17) is 16.9 Å². The van der Waals surface area contributed by atoms with Gasteiger partial charge >= 0.3 is 0 Å². The number of nitrogens with one attached hydrogen (secondary N) is 1. The van der Waals surface area contributed by atoms with E-state index in [2.05, 4.69) is 11.9 Å². The maximum Gasteiger partial charge on any atom is 0.101 e. The van der Waals surface area contributed by atoms with Crippen molar-refractivity contribution < 1.29 is 5.11 Å². The lowest BCUT2D eigenvalue weighted by atomic mass is 10.1. The number of hydrogen-bond donors (Lipinski definition) is 2. The average molecular weight is 251 g/mol. The van der Waals surface area contributed by atoms with Gasteiger partial charge in [-0.05, 0) is 26.0 Å². The molecule has 0 spiro atoms. The first kappa shape index (κ1) is 13.6. The molecule has 4 heteroatoms. The van der Waals surface area contributed by atoms with Crippen LogP contribution in [0.4, 0.5) is 5.69 Å². The Kier molecular flexibility index (Phi) is 4.56. The van der Waals surface area contributed by atoms with Crippen LogP contribution in [0.1, 0.15) is 25.0 Å². The molecule has 0 aliphatic carbocycles. The van der Waals surface area contributed by atoms with E-state index in [1.165, 1.54) is 0 Å². The zero-order valence-electron chi connectivity index (χ0n) is 9.87. The van der Waals surface area contributed by atoms with Crippen molar-refractivity contribution in [2.24, 2.45) is 0 Å². The van der Waals surface area contributed by atoms with E-state index in [1.54, 1.807) is 25.1 Å². The van der Waals surface area contributed by atoms with E-state index in [9.17, 15) is 5.11 Å². The molecule has 2 atom stereocenters. The van der Waals surface area contributed by atoms with Crippen molar-refractivity contribution in [1.82, 2.24) is 0 Å². The normalized spacial score (nSPS) is 13.6. The van der Waals surface area contributed by atoms with Crippen molar-refractivity contribution in [2.45, 2.75) is 26.0 Å². The van der Waals surface area contributed by atoms with Crippen molar-refractivity contribution in [3.63, 3.8) is 0 Å². The molecular weight excluding hydrogens is 236 g/mol. The largest absolute Gasteiger partial charge is 0.391 e. The molecule has 90 valence electrons. The first-order valence-electron chi connectivity index (χ1n) is 5.31. The molecule has 0 aliphatic heterocycles. The summed E-state index contributed by atoms with van der Waals surface area (Å²) >= 11 is 6.08. The quantitative estimate of drug-likeness (QED) is 0.864. The summed E-state index contributed by atoms with van der Waals surface area (Å²) < 4.78 is 0. The van der Waals surface area contributed by atoms with Crippen LogP contribution in [0.2, 0.25) is 5.02 Å². The zero-order chi connectivity index (χ0) is 13.0. The van der Waals surface area contributed by atoms with Crippen LogP contribution in [0.25, 0.3) is 6.08 Å². The lowest BCUT2D eigenvalue weighted by molar-refractivity contribution is 0.178. The van der Waals surface area contributed by atoms with E-state index in [0.29, 0.717) is 16.1 Å². The summed E-state index contributed by atoms with van der Waals surface area (Å²) in [6, 6.07) is 5.31. The fourth-order valence-corrected chi connectivity index (χ4v) is 1.65. The summed E-state index contributed by atoms with van der Waals surface area (Å²) in [6.07, 6.45) is 1.11. The van der Waals surface area contributed by atoms with Crippen molar-refractivity contribution in [1.29, 1.82) is 5.26 Å². The smallest absolute Gasteiger partial charge is 0.101 e. The highest BCUT2D eigenvalue weighted by atomic mass is 35.5. The summed E-state index contributed by atoms with van der Waals surface area (Å²) in [5.74, 6) is 0. The standard InChI is InChI=1S/C13H15ClN2O/c1-4-11-12(16-8(2)9(3)17)6-5-10(7-15)13(11)14/h4-6,8-9,16-17H,1H2,2-3H3/t8-,9-/m0/s1. The molecule has 0 bridgehead atoms. The first-order chi connectivity index (χ1) is 8.01. The predicted molar refractivity (Wildman–Crippen MR) is 71.0 cm³/mol. The maximum atomic E-state index is 9.44. The first-order valence-corrected chi connectivity index (χ1v) is 5.68. The Morgan fingerprint density at radius 3 is 2.65 bits per heavy atom. The summed E-state index contributed by atoms with van der Waals surface area (Å²) in [5.41, 5.74) is 1.85. The molecule has 0 aliphatic rings. The molecule has 1 aromatic rings. The minimum Gasteiger partial charge on any atom is -0.391 e. The molecular formula is C13H15ClN2O. The molecule has 3 nitrogen and oxygen atoms in total. The Labute approximate surface area is 106 Å². The summed E-state index contributed by atoms with van der Waals surface area (Å²) in [4.78, 5) is 0. The lowest BCUT2D eigenvalue weighted by Gasteiger charge is -2.20. The average Bonchev–Trinajstić information content (AvgIpc) is 2.29. The second-order valence-corrected chi connectivity index (χ2v) is 4.26. The van der Waals surface area contributed by atoms with Crippen molar-refractivity contribution in [3.05, 3.63) is 34.9 Å². The van der Waals surface area contributed by atoms with Crippen LogP contribution in [-0.4, -0.2) is 17.3 Å². The Balaban J connectivity index is 3.14. The molecule has 0 saturated heterocycles. The van der Waals surface area contributed by atoms with Crippen LogP contribution in [0.3, 0.4) is 0 Å². The molecule has 1 rings (SSSR count). The van der Waals surface area contributed by atoms with Gasteiger partial charge in [0.2, 0.25) is 0 Å². The lowest BCUT2D eigenvalue weighted by Crippen LogP contribution is -2.28. The number of hydrogen-bond acceptors (Lipinski definition) is 3. The van der Waals surface area contributed by atoms with Gasteiger partial charge in [-0.2, -0.15) is 5.26 Å². The zero-order valence-corrected chi connectivity index (χ0v) is 10.6. The molecule has 1 aromatic carbocycles. The third-order valence-corrected chi connectivity index (χ3v) is 3.02. The van der Waals surface area contributed by atoms with Crippen LogP contribution < -0.4 is 5.32 Å². The Morgan fingerprint density at radius 1 is 1.53 bits per heavy atom. The fraction of sp³-hybridized carbons (Fsp3) is 0.308. The highest BCUT2D eigenvalue weighted by Gasteiger charge is 2.13. The molecule has 0 amide bonds. The number of rotatable bonds is 4. The Morgan fingerprint density at radius 2 is 2.18 bits per heavy atom. The van der Waals surface area contributed by atoms with Gasteiger partial charge in [0.15, 0.2) is 0 Å². The molecule has 0 aromatic heterocycles. The van der Waals surface area contributed by atoms with Crippen LogP contribution in [0, 0.1) is 11.3 Å². The van der Waals surface area contributed by atoms with Gasteiger partial charge in [-0.25, -0.2) is 0 Å². The number of nitrogens with zero attached hydrogens (tertiary/aromatic N) is 1. The summed E-state index contributed by atoms with van der Waals surface area (Å²) in [6.45, 7) is 7.25. The van der Waals surface area contributed by atoms with E-state index < -0.39 is 6.10 Å². The van der Waals surface area contributed by atoms with Crippen LogP contribution in [0.5, 0.6) is 0 Å². The number of aliphatic hydroxyl groups is 1. The van der Waals surface area contributed by atoms with Crippen LogP contribution in [-0.2, 0) is 0 Å². The van der Waals surface area contributed by atoms with Crippen molar-refractivity contribution >= 4 is 23.4 Å². The van der Waals surface area contributed by atoms with Gasteiger partial charge in [-0.3, -0.25) is 0 Å². The molecule has 17 heavy (non-hydrogen) atoms. The van der Waals surface area contributed by atoms with Crippen LogP contribution in [0.15, 0.2) is 18.7 Å². The van der Waals surface area contributed by atoms with E-state index in [0.717, 1.165) is 5.69 Å². The predicted octanol–water partition coefficient (Wildman–Crippen LogP) is 3.04. The van der Waals surface area contributed by atoms with Crippen molar-refractivity contribution in [2.75, 3.05) is 5.32 Å². The topological polar surface area (TPSA) is 56.0 Å². The Hall–Kier alpha value is -1.50. The van der Waals surface area contributed by atoms with E-state index in [-0.39, 0.29) is 6.04 Å². The number of nitriles is 1. The highest BCUT2D eigenvalue weighted by Crippen LogP contribution is 2.29. The van der Waals surface area contributed by atoms with Gasteiger partial charge < -0.3 is 10.4 Å². The Bertz CT molecular complexity index is 463. The SMILES string of the molecule is C=Cc1c(N[C@@H](C)[C@H](C)O)ccc(C#N)c1Cl. The summed E-state index contributed by atoms with van der Waals surface area (Å²) in [5, 5.41) is 21.8. The molecule has 0 saturated carbocycles. The minimum absolute atomic E-state index is 0.113. The van der Waals surface area contributed by atoms with E-state index in [1.807, 2.05) is 13.0 Å². The molecule has 2 N–H and O–H groups in total. The van der Waals surface area contributed by atoms with Gasteiger partial charge in [0, 0.05) is 17.3 Å². The molecule has 0 fully saturated rings. The maximum absolute atomic E-state index is 9.44. The monoisotopic (exact) mass is 250 g/mol. The third kappa shape index (κ3) is 3.00. The molecule has 0 radical (unpaired) electrons. The van der Waals surface area contributed by atoms with Gasteiger partial charge in [-0.15, -0.1) is 0 Å². The van der Waals surface area contributed by atoms with Crippen molar-refractivity contribution in [3.8, 4) is 6.07 Å². The minimum atomic E-state index is -0.484. The summed E-state index contributed by atoms with van der Waals surface area (Å²) in [7, 11) is 0. The van der Waals surface area contributed by atoms with Gasteiger partial charge in [0.05, 0.1) is 16.7 Å². The van der Waals surface area contributed by atoms with Gasteiger partial charge in [0.25, 0.3) is 0 Å². The van der Waals surface area contributed by atoms with Gasteiger partial charge in [0.1, 0.15) is 6.07 Å². The van der Waals surface area contributed by atoms with Crippen LogP contribution >= 0.6 is 11.6 Å².